The number of nitrogens with zero attached hydrogens (tertiary/aromatic N) is 1. The Morgan fingerprint density at radius 2 is 2.00 bits per heavy atom. The summed E-state index contributed by atoms with van der Waals surface area (Å²) < 4.78 is 41.7. The maximum Gasteiger partial charge on any atom is 0.235 e. The van der Waals surface area contributed by atoms with Gasteiger partial charge in [-0.05, 0) is 0 Å². The van der Waals surface area contributed by atoms with Crippen LogP contribution in [0.1, 0.15) is 0 Å². The largest absolute Gasteiger partial charge is 1.00 e. The van der Waals surface area contributed by atoms with Gasteiger partial charge in [-0.15, -0.1) is 0 Å². The lowest BCUT2D eigenvalue weighted by Gasteiger charge is -2.23. The van der Waals surface area contributed by atoms with Crippen molar-refractivity contribution in [2.45, 2.75) is 6.36 Å². The molecule has 0 aliphatic carbocycles. The number of ether oxygens (including phenoxy) is 1. The number of halogens is 2. The molecule has 0 N–H and O–H groups in total. The zero-order valence-electron chi connectivity index (χ0n) is 8.94. The fraction of sp³-hybridized carbons (Fsp3) is 1.00. The topological polar surface area (TPSA) is 58.6 Å². The molecule has 0 saturated carbocycles. The van der Waals surface area contributed by atoms with E-state index in [0.29, 0.717) is 17.6 Å². The zero-order chi connectivity index (χ0) is 11.2. The average molecular weight is 265 g/mol. The van der Waals surface area contributed by atoms with Gasteiger partial charge in [0.05, 0.1) is 39.1 Å². The van der Waals surface area contributed by atoms with Crippen molar-refractivity contribution in [2.75, 3.05) is 40.9 Å². The van der Waals surface area contributed by atoms with E-state index in [1.165, 1.54) is 0 Å². The molecule has 0 rings (SSSR count). The molecule has 0 amide bonds. The van der Waals surface area contributed by atoms with E-state index in [0.717, 1.165) is 0 Å². The highest BCUT2D eigenvalue weighted by atomic mass is 35.5. The van der Waals surface area contributed by atoms with Gasteiger partial charge in [0.1, 0.15) is 13.2 Å². The lowest BCUT2D eigenvalue weighted by Crippen LogP contribution is -3.00. The normalized spacial score (nSPS) is 15.5. The van der Waals surface area contributed by atoms with Crippen LogP contribution >= 0.6 is 0 Å². The van der Waals surface area contributed by atoms with Crippen LogP contribution in [0.25, 0.3) is 0 Å². The minimum atomic E-state index is -2.83. The number of hydrogen-bond acceptors (Lipinski definition) is 4. The van der Waals surface area contributed by atoms with E-state index in [-0.39, 0.29) is 19.0 Å². The molecular weight excluding hydrogens is 249 g/mol. The molecular formula is C7H16ClFNO4S-. The molecule has 0 aromatic rings. The number of rotatable bonds is 7. The lowest BCUT2D eigenvalue weighted by molar-refractivity contribution is -0.870. The van der Waals surface area contributed by atoms with E-state index in [1.54, 1.807) is 0 Å². The molecule has 8 heteroatoms. The minimum absolute atomic E-state index is 0. The molecule has 0 bridgehead atoms. The first kappa shape index (κ1) is 17.6. The number of alkyl halides is 1. The summed E-state index contributed by atoms with van der Waals surface area (Å²) >= 11 is -2.83. The van der Waals surface area contributed by atoms with Crippen LogP contribution in [0.5, 0.6) is 0 Å². The molecule has 0 fully saturated rings. The number of quaternary nitrogens is 1. The molecule has 5 nitrogen and oxygen atoms in total. The monoisotopic (exact) mass is 264 g/mol. The molecule has 0 spiro atoms. The van der Waals surface area contributed by atoms with Crippen molar-refractivity contribution in [3.05, 3.63) is 0 Å². The van der Waals surface area contributed by atoms with Crippen LogP contribution in [0, 0.1) is 0 Å². The maximum absolute atomic E-state index is 12.5. The smallest absolute Gasteiger partial charge is 0.235 e. The van der Waals surface area contributed by atoms with Crippen molar-refractivity contribution in [3.63, 3.8) is 0 Å². The van der Waals surface area contributed by atoms with Crippen molar-refractivity contribution in [1.82, 2.24) is 0 Å². The van der Waals surface area contributed by atoms with Gasteiger partial charge in [0.15, 0.2) is 0 Å². The van der Waals surface area contributed by atoms with E-state index in [4.69, 9.17) is 4.74 Å². The first-order valence-corrected chi connectivity index (χ1v) is 5.10. The fourth-order valence-corrected chi connectivity index (χ4v) is 0.853. The van der Waals surface area contributed by atoms with Gasteiger partial charge in [-0.25, -0.2) is 8.60 Å². The van der Waals surface area contributed by atoms with Crippen molar-refractivity contribution in [2.24, 2.45) is 0 Å². The van der Waals surface area contributed by atoms with Gasteiger partial charge in [-0.3, -0.25) is 4.18 Å². The third-order valence-corrected chi connectivity index (χ3v) is 1.70. The molecule has 0 aromatic carbocycles. The van der Waals surface area contributed by atoms with E-state index in [1.807, 2.05) is 21.1 Å². The van der Waals surface area contributed by atoms with Crippen LogP contribution in [-0.2, 0) is 20.3 Å². The molecule has 2 unspecified atom stereocenters. The SMILES string of the molecule is C[N+](C)(C)CCOCC(F)OS(=O)[O-].[Cl-]. The van der Waals surface area contributed by atoms with Crippen LogP contribution in [0.15, 0.2) is 0 Å². The highest BCUT2D eigenvalue weighted by molar-refractivity contribution is 7.74. The molecule has 0 aliphatic heterocycles. The van der Waals surface area contributed by atoms with Crippen LogP contribution < -0.4 is 12.4 Å². The molecule has 0 saturated heterocycles. The van der Waals surface area contributed by atoms with Gasteiger partial charge in [0.25, 0.3) is 0 Å². The second-order valence-corrected chi connectivity index (χ2v) is 4.40. The summed E-state index contributed by atoms with van der Waals surface area (Å²) in [4.78, 5) is 0. The average Bonchev–Trinajstić information content (AvgIpc) is 1.95. The number of likely N-dealkylation sites (N-methyl/N-ethyl adjacent to an activating group) is 1. The summed E-state index contributed by atoms with van der Waals surface area (Å²) in [6.45, 7) is 0.708. The molecule has 94 valence electrons. The Morgan fingerprint density at radius 3 is 2.40 bits per heavy atom. The second-order valence-electron chi connectivity index (χ2n) is 3.80. The molecule has 0 aliphatic rings. The first-order chi connectivity index (χ1) is 6.31. The van der Waals surface area contributed by atoms with Gasteiger partial charge < -0.3 is 26.2 Å². The maximum atomic E-state index is 12.5. The highest BCUT2D eigenvalue weighted by Crippen LogP contribution is 1.97. The predicted octanol–water partition coefficient (Wildman–Crippen LogP) is -3.18. The molecule has 0 radical (unpaired) electrons. The quantitative estimate of drug-likeness (QED) is 0.276. The predicted molar refractivity (Wildman–Crippen MR) is 48.6 cm³/mol. The third-order valence-electron chi connectivity index (χ3n) is 1.34. The van der Waals surface area contributed by atoms with Crippen molar-refractivity contribution < 1.29 is 39.0 Å². The van der Waals surface area contributed by atoms with Crippen molar-refractivity contribution >= 4 is 11.4 Å². The Labute approximate surface area is 98.0 Å². The van der Waals surface area contributed by atoms with Gasteiger partial charge >= 0.3 is 0 Å². The summed E-state index contributed by atoms with van der Waals surface area (Å²) in [5.41, 5.74) is 0. The summed E-state index contributed by atoms with van der Waals surface area (Å²) in [5.74, 6) is 0. The standard InChI is InChI=1S/C7H16FNO4S.ClH/c1-9(2,3)4-5-12-6-7(8)13-14(10)11;/h7H,4-6H2,1-3H3;1H/p-1. The van der Waals surface area contributed by atoms with Crippen LogP contribution in [0.3, 0.4) is 0 Å². The lowest BCUT2D eigenvalue weighted by atomic mass is 10.5. The summed E-state index contributed by atoms with van der Waals surface area (Å²) in [6, 6.07) is 0. The first-order valence-electron chi connectivity index (χ1n) is 4.10. The zero-order valence-corrected chi connectivity index (χ0v) is 10.5. The van der Waals surface area contributed by atoms with E-state index >= 15 is 0 Å². The third kappa shape index (κ3) is 14.2. The molecule has 0 aromatic heterocycles. The summed E-state index contributed by atoms with van der Waals surface area (Å²) in [6.07, 6.45) is -1.92. The van der Waals surface area contributed by atoms with Gasteiger partial charge in [0, 0.05) is 0 Å². The second kappa shape index (κ2) is 8.37. The van der Waals surface area contributed by atoms with E-state index < -0.39 is 17.7 Å². The van der Waals surface area contributed by atoms with Crippen LogP contribution in [0.4, 0.5) is 4.39 Å². The Morgan fingerprint density at radius 1 is 1.47 bits per heavy atom. The fourth-order valence-electron chi connectivity index (χ4n) is 0.627. The summed E-state index contributed by atoms with van der Waals surface area (Å²) in [5, 5.41) is 0. The van der Waals surface area contributed by atoms with Crippen LogP contribution in [-0.4, -0.2) is 60.5 Å². The Hall–Kier alpha value is 0.210. The molecule has 15 heavy (non-hydrogen) atoms. The van der Waals surface area contributed by atoms with Crippen LogP contribution in [0.2, 0.25) is 0 Å². The van der Waals surface area contributed by atoms with E-state index in [9.17, 15) is 13.2 Å². The van der Waals surface area contributed by atoms with Gasteiger partial charge in [0.2, 0.25) is 6.36 Å². The minimum Gasteiger partial charge on any atom is -1.00 e. The van der Waals surface area contributed by atoms with Gasteiger partial charge in [-0.1, -0.05) is 0 Å². The highest BCUT2D eigenvalue weighted by Gasteiger charge is 2.10. The Balaban J connectivity index is 0. The molecule has 2 atom stereocenters. The Kier molecular flexibility index (Phi) is 9.82. The molecule has 0 heterocycles. The Bertz CT molecular complexity index is 190. The van der Waals surface area contributed by atoms with E-state index in [2.05, 4.69) is 4.18 Å². The summed E-state index contributed by atoms with van der Waals surface area (Å²) in [7, 11) is 5.92. The van der Waals surface area contributed by atoms with Crippen molar-refractivity contribution in [3.8, 4) is 0 Å². The number of hydrogen-bond donors (Lipinski definition) is 0. The van der Waals surface area contributed by atoms with Crippen molar-refractivity contribution in [1.29, 1.82) is 0 Å². The van der Waals surface area contributed by atoms with Gasteiger partial charge in [-0.2, -0.15) is 0 Å².